The second-order valence-electron chi connectivity index (χ2n) is 12.8. The molecule has 0 spiro atoms. The lowest BCUT2D eigenvalue weighted by Gasteiger charge is -2.11. The predicted octanol–water partition coefficient (Wildman–Crippen LogP) is 11.3. The topological polar surface area (TPSA) is 61.7 Å². The van der Waals surface area contributed by atoms with Gasteiger partial charge in [-0.25, -0.2) is 4.98 Å². The molecule has 238 valence electrons. The maximum Gasteiger partial charge on any atom is 0.238 e. The molecule has 0 fully saturated rings. The van der Waals surface area contributed by atoms with Crippen LogP contribution in [0.3, 0.4) is 0 Å². The summed E-state index contributed by atoms with van der Waals surface area (Å²) < 4.78 is 11.0. The van der Waals surface area contributed by atoms with Crippen LogP contribution in [0.25, 0.3) is 100.0 Å². The fraction of sp³-hybridized carbons (Fsp3) is 0. The number of fused-ring (bicyclic) bond motifs is 11. The van der Waals surface area contributed by atoms with Crippen LogP contribution in [0, 0.1) is 0 Å². The molecule has 4 aromatic heterocycles. The molecule has 6 nitrogen and oxygen atoms in total. The Kier molecular flexibility index (Phi) is 5.86. The van der Waals surface area contributed by atoms with Crippen molar-refractivity contribution < 1.29 is 4.42 Å². The summed E-state index contributed by atoms with van der Waals surface area (Å²) >= 11 is 0. The Bertz CT molecular complexity index is 3060. The molecule has 7 aromatic carbocycles. The number of hydrogen-bond donors (Lipinski definition) is 0. The first-order valence-corrected chi connectivity index (χ1v) is 17.0. The van der Waals surface area contributed by atoms with Gasteiger partial charge in [-0.15, -0.1) is 0 Å². The minimum atomic E-state index is 0.568. The Morgan fingerprint density at radius 1 is 0.353 bits per heavy atom. The average Bonchev–Trinajstić information content (AvgIpc) is 3.86. The van der Waals surface area contributed by atoms with E-state index in [9.17, 15) is 0 Å². The normalized spacial score (nSPS) is 11.9. The first-order chi connectivity index (χ1) is 25.3. The highest BCUT2D eigenvalue weighted by Crippen LogP contribution is 2.46. The van der Waals surface area contributed by atoms with E-state index < -0.39 is 0 Å². The van der Waals surface area contributed by atoms with Crippen LogP contribution in [0.5, 0.6) is 0 Å². The van der Waals surface area contributed by atoms with E-state index in [1.165, 1.54) is 5.39 Å². The standard InChI is InChI=1S/C45H27N5O/c1-4-14-28(15-5-1)43-46-44(29-16-6-2-7-17-29)48-45(47-43)50-33-22-12-10-20-31(33)39-34(50)24-25-35-41(39)42-36(49(35)30-18-8-3-9-19-30)26-27-38-40(42)32-21-11-13-23-37(32)51-38/h1-27H. The van der Waals surface area contributed by atoms with E-state index in [4.69, 9.17) is 19.4 Å². The minimum Gasteiger partial charge on any atom is -0.456 e. The summed E-state index contributed by atoms with van der Waals surface area (Å²) in [6, 6.07) is 56.5. The Hall–Kier alpha value is -7.05. The highest BCUT2D eigenvalue weighted by molar-refractivity contribution is 6.35. The minimum absolute atomic E-state index is 0.568. The number of rotatable bonds is 4. The predicted molar refractivity (Wildman–Crippen MR) is 207 cm³/mol. The van der Waals surface area contributed by atoms with Gasteiger partial charge in [-0.2, -0.15) is 9.97 Å². The third-order valence-corrected chi connectivity index (χ3v) is 9.97. The van der Waals surface area contributed by atoms with Crippen molar-refractivity contribution in [2.45, 2.75) is 0 Å². The van der Waals surface area contributed by atoms with Gasteiger partial charge >= 0.3 is 0 Å². The maximum atomic E-state index is 6.47. The van der Waals surface area contributed by atoms with E-state index in [1.807, 2.05) is 66.7 Å². The number of hydrogen-bond acceptors (Lipinski definition) is 4. The van der Waals surface area contributed by atoms with Crippen LogP contribution in [-0.2, 0) is 0 Å². The van der Waals surface area contributed by atoms with Gasteiger partial charge < -0.3 is 8.98 Å². The van der Waals surface area contributed by atoms with E-state index >= 15 is 0 Å². The number of furan rings is 1. The first-order valence-electron chi connectivity index (χ1n) is 17.0. The summed E-state index contributed by atoms with van der Waals surface area (Å²) in [6.45, 7) is 0. The molecule has 0 atom stereocenters. The molecular formula is C45H27N5O. The van der Waals surface area contributed by atoms with Gasteiger partial charge in [0.25, 0.3) is 0 Å². The van der Waals surface area contributed by atoms with Crippen LogP contribution in [0.2, 0.25) is 0 Å². The average molecular weight is 654 g/mol. The smallest absolute Gasteiger partial charge is 0.238 e. The Labute approximate surface area is 291 Å². The molecule has 11 rings (SSSR count). The molecule has 0 amide bonds. The summed E-state index contributed by atoms with van der Waals surface area (Å²) in [5, 5.41) is 6.81. The van der Waals surface area contributed by atoms with Gasteiger partial charge in [-0.1, -0.05) is 115 Å². The van der Waals surface area contributed by atoms with Crippen molar-refractivity contribution in [1.82, 2.24) is 24.1 Å². The summed E-state index contributed by atoms with van der Waals surface area (Å²) in [6.07, 6.45) is 0. The van der Waals surface area contributed by atoms with Crippen molar-refractivity contribution in [2.75, 3.05) is 0 Å². The quantitative estimate of drug-likeness (QED) is 0.190. The van der Waals surface area contributed by atoms with E-state index in [0.29, 0.717) is 17.6 Å². The van der Waals surface area contributed by atoms with E-state index in [0.717, 1.165) is 77.0 Å². The zero-order chi connectivity index (χ0) is 33.5. The van der Waals surface area contributed by atoms with Crippen molar-refractivity contribution in [2.24, 2.45) is 0 Å². The summed E-state index contributed by atoms with van der Waals surface area (Å²) in [4.78, 5) is 15.3. The SMILES string of the molecule is c1ccc(-c2nc(-c3ccccc3)nc(-n3c4ccccc4c4c5c6c7c(ccc6n(-c6ccccc6)c5ccc43)oc3ccccc37)n2)cc1. The Balaban J connectivity index is 1.32. The molecular weight excluding hydrogens is 627 g/mol. The van der Waals surface area contributed by atoms with Crippen LogP contribution in [0.1, 0.15) is 0 Å². The van der Waals surface area contributed by atoms with Crippen molar-refractivity contribution in [3.05, 3.63) is 164 Å². The van der Waals surface area contributed by atoms with Gasteiger partial charge in [-0.3, -0.25) is 4.57 Å². The molecule has 0 aliphatic heterocycles. The molecule has 4 heterocycles. The second-order valence-corrected chi connectivity index (χ2v) is 12.8. The number of aromatic nitrogens is 5. The maximum absolute atomic E-state index is 6.47. The van der Waals surface area contributed by atoms with Crippen LogP contribution in [-0.4, -0.2) is 24.1 Å². The molecule has 0 saturated heterocycles. The number of para-hydroxylation sites is 3. The third-order valence-electron chi connectivity index (χ3n) is 9.97. The lowest BCUT2D eigenvalue weighted by molar-refractivity contribution is 0.669. The monoisotopic (exact) mass is 653 g/mol. The molecule has 0 unspecified atom stereocenters. The Morgan fingerprint density at radius 2 is 0.882 bits per heavy atom. The Morgan fingerprint density at radius 3 is 1.57 bits per heavy atom. The molecule has 6 heteroatoms. The van der Waals surface area contributed by atoms with Crippen molar-refractivity contribution in [3.63, 3.8) is 0 Å². The molecule has 0 saturated carbocycles. The highest BCUT2D eigenvalue weighted by Gasteiger charge is 2.25. The van der Waals surface area contributed by atoms with Gasteiger partial charge in [0.05, 0.1) is 22.1 Å². The molecule has 51 heavy (non-hydrogen) atoms. The first kappa shape index (κ1) is 27.9. The van der Waals surface area contributed by atoms with Gasteiger partial charge in [0.2, 0.25) is 5.95 Å². The zero-order valence-corrected chi connectivity index (χ0v) is 27.2. The number of benzene rings is 7. The van der Waals surface area contributed by atoms with Crippen LogP contribution in [0.4, 0.5) is 0 Å². The molecule has 0 radical (unpaired) electrons. The second kappa shape index (κ2) is 10.7. The molecule has 0 aliphatic carbocycles. The lowest BCUT2D eigenvalue weighted by atomic mass is 10.0. The van der Waals surface area contributed by atoms with Gasteiger partial charge in [0.1, 0.15) is 11.2 Å². The van der Waals surface area contributed by atoms with E-state index in [-0.39, 0.29) is 0 Å². The van der Waals surface area contributed by atoms with Crippen molar-refractivity contribution in [3.8, 4) is 34.4 Å². The van der Waals surface area contributed by atoms with Crippen LogP contribution >= 0.6 is 0 Å². The van der Waals surface area contributed by atoms with Gasteiger partial charge in [0.15, 0.2) is 11.6 Å². The van der Waals surface area contributed by atoms with Crippen molar-refractivity contribution in [1.29, 1.82) is 0 Å². The molecule has 0 bridgehead atoms. The van der Waals surface area contributed by atoms with Crippen LogP contribution in [0.15, 0.2) is 168 Å². The fourth-order valence-corrected chi connectivity index (χ4v) is 7.83. The third kappa shape index (κ3) is 4.07. The molecule has 11 aromatic rings. The molecule has 0 N–H and O–H groups in total. The number of nitrogens with zero attached hydrogens (tertiary/aromatic N) is 5. The fourth-order valence-electron chi connectivity index (χ4n) is 7.83. The lowest BCUT2D eigenvalue weighted by Crippen LogP contribution is -2.06. The van der Waals surface area contributed by atoms with Gasteiger partial charge in [0, 0.05) is 49.1 Å². The van der Waals surface area contributed by atoms with Gasteiger partial charge in [-0.05, 0) is 48.5 Å². The van der Waals surface area contributed by atoms with Crippen molar-refractivity contribution >= 4 is 65.6 Å². The zero-order valence-electron chi connectivity index (χ0n) is 27.2. The summed E-state index contributed by atoms with van der Waals surface area (Å²) in [5.74, 6) is 1.82. The van der Waals surface area contributed by atoms with E-state index in [2.05, 4.69) is 106 Å². The largest absolute Gasteiger partial charge is 0.456 e. The highest BCUT2D eigenvalue weighted by atomic mass is 16.3. The van der Waals surface area contributed by atoms with E-state index in [1.54, 1.807) is 0 Å². The van der Waals surface area contributed by atoms with Crippen LogP contribution < -0.4 is 0 Å². The summed E-state index contributed by atoms with van der Waals surface area (Å²) in [7, 11) is 0. The molecule has 0 aliphatic rings. The summed E-state index contributed by atoms with van der Waals surface area (Å²) in [5.41, 5.74) is 9.00.